The van der Waals surface area contributed by atoms with Gasteiger partial charge >= 0.3 is 0 Å². The summed E-state index contributed by atoms with van der Waals surface area (Å²) >= 11 is 0. The first-order valence-corrected chi connectivity index (χ1v) is 11.8. The Morgan fingerprint density at radius 3 is 2.42 bits per heavy atom. The van der Waals surface area contributed by atoms with Gasteiger partial charge in [0.1, 0.15) is 11.6 Å². The molecule has 1 heterocycles. The molecule has 1 aliphatic rings. The van der Waals surface area contributed by atoms with Crippen molar-refractivity contribution in [3.8, 4) is 5.75 Å². The predicted molar refractivity (Wildman–Crippen MR) is 121 cm³/mol. The Balaban J connectivity index is 1.48. The van der Waals surface area contributed by atoms with Gasteiger partial charge in [0, 0.05) is 37.9 Å². The second kappa shape index (κ2) is 10.7. The molecule has 0 unspecified atom stereocenters. The van der Waals surface area contributed by atoms with Crippen LogP contribution in [0.1, 0.15) is 0 Å². The first kappa shape index (κ1) is 24.6. The molecule has 1 saturated heterocycles. The number of hydrogen-bond donors (Lipinski definition) is 1. The minimum absolute atomic E-state index is 0.0108. The summed E-state index contributed by atoms with van der Waals surface area (Å²) in [4.78, 5) is 27.9. The first-order valence-electron chi connectivity index (χ1n) is 10.3. The van der Waals surface area contributed by atoms with Crippen LogP contribution in [0.25, 0.3) is 0 Å². The number of nitrogens with zero attached hydrogens (tertiary/aromatic N) is 3. The van der Waals surface area contributed by atoms with Crippen molar-refractivity contribution in [3.05, 3.63) is 54.3 Å². The lowest BCUT2D eigenvalue weighted by Crippen LogP contribution is -2.52. The summed E-state index contributed by atoms with van der Waals surface area (Å²) in [6.07, 6.45) is 0. The van der Waals surface area contributed by atoms with Gasteiger partial charge in [-0.2, -0.15) is 4.31 Å². The minimum atomic E-state index is -3.82. The Kier molecular flexibility index (Phi) is 8.01. The van der Waals surface area contributed by atoms with Crippen molar-refractivity contribution in [2.45, 2.75) is 4.90 Å². The Bertz CT molecular complexity index is 1100. The Morgan fingerprint density at radius 1 is 1.06 bits per heavy atom. The number of hydrogen-bond acceptors (Lipinski definition) is 6. The molecule has 11 heteroatoms. The maximum Gasteiger partial charge on any atom is 0.243 e. The highest BCUT2D eigenvalue weighted by Gasteiger charge is 2.30. The number of methoxy groups -OCH3 is 1. The summed E-state index contributed by atoms with van der Waals surface area (Å²) in [5.41, 5.74) is 0.592. The fourth-order valence-electron chi connectivity index (χ4n) is 3.49. The number of ether oxygens (including phenoxy) is 1. The number of nitrogens with one attached hydrogen (secondary N) is 1. The number of benzene rings is 2. The van der Waals surface area contributed by atoms with Gasteiger partial charge in [-0.1, -0.05) is 12.1 Å². The molecule has 0 spiro atoms. The molecule has 33 heavy (non-hydrogen) atoms. The topological polar surface area (TPSA) is 99.3 Å². The van der Waals surface area contributed by atoms with Crippen molar-refractivity contribution in [1.82, 2.24) is 14.1 Å². The zero-order valence-corrected chi connectivity index (χ0v) is 19.3. The average molecular weight is 479 g/mol. The number of carbonyl (C=O) groups excluding carboxylic acids is 2. The molecule has 3 rings (SSSR count). The molecule has 0 aromatic heterocycles. The van der Waals surface area contributed by atoms with Crippen molar-refractivity contribution in [3.63, 3.8) is 0 Å². The Hall–Kier alpha value is -3.02. The van der Waals surface area contributed by atoms with Gasteiger partial charge in [-0.3, -0.25) is 14.5 Å². The number of carbonyl (C=O) groups is 2. The van der Waals surface area contributed by atoms with Crippen LogP contribution in [0.3, 0.4) is 0 Å². The highest BCUT2D eigenvalue weighted by atomic mass is 32.2. The molecule has 1 fully saturated rings. The van der Waals surface area contributed by atoms with Crippen LogP contribution < -0.4 is 10.1 Å². The van der Waals surface area contributed by atoms with E-state index in [0.717, 1.165) is 6.07 Å². The summed E-state index contributed by atoms with van der Waals surface area (Å²) in [6.45, 7) is 0.697. The molecule has 0 bridgehead atoms. The lowest BCUT2D eigenvalue weighted by atomic mass is 10.3. The molecule has 178 valence electrons. The summed E-state index contributed by atoms with van der Waals surface area (Å²) in [7, 11) is -0.625. The van der Waals surface area contributed by atoms with Crippen LogP contribution in [-0.2, 0) is 19.6 Å². The molecule has 2 aromatic carbocycles. The van der Waals surface area contributed by atoms with E-state index in [1.165, 1.54) is 29.6 Å². The third-order valence-corrected chi connectivity index (χ3v) is 7.09. The van der Waals surface area contributed by atoms with E-state index in [0.29, 0.717) is 11.4 Å². The number of anilines is 1. The van der Waals surface area contributed by atoms with Gasteiger partial charge in [-0.15, -0.1) is 0 Å². The number of rotatable bonds is 8. The molecule has 1 aliphatic heterocycles. The molecule has 0 atom stereocenters. The third kappa shape index (κ3) is 6.50. The van der Waals surface area contributed by atoms with E-state index >= 15 is 0 Å². The minimum Gasteiger partial charge on any atom is -0.497 e. The van der Waals surface area contributed by atoms with E-state index in [1.807, 2.05) is 0 Å². The smallest absolute Gasteiger partial charge is 0.243 e. The fraction of sp³-hybridized carbons (Fsp3) is 0.364. The van der Waals surface area contributed by atoms with Crippen LogP contribution in [0.2, 0.25) is 0 Å². The zero-order valence-electron chi connectivity index (χ0n) is 18.5. The zero-order chi connectivity index (χ0) is 24.0. The van der Waals surface area contributed by atoms with Gasteiger partial charge in [-0.25, -0.2) is 12.8 Å². The SMILES string of the molecule is COc1cccc(NC(=O)CN(C)CC(=O)N2CCN(S(=O)(=O)c3cccc(F)c3)CC2)c1. The predicted octanol–water partition coefficient (Wildman–Crippen LogP) is 1.24. The van der Waals surface area contributed by atoms with Gasteiger partial charge < -0.3 is 15.0 Å². The molecule has 0 radical (unpaired) electrons. The molecule has 2 aromatic rings. The summed E-state index contributed by atoms with van der Waals surface area (Å²) < 4.78 is 45.2. The number of piperazine rings is 1. The fourth-order valence-corrected chi connectivity index (χ4v) is 4.94. The van der Waals surface area contributed by atoms with E-state index in [-0.39, 0.29) is 56.0 Å². The first-order chi connectivity index (χ1) is 15.7. The summed E-state index contributed by atoms with van der Waals surface area (Å²) in [5.74, 6) is -0.475. The quantitative estimate of drug-likeness (QED) is 0.613. The van der Waals surface area contributed by atoms with Crippen LogP contribution in [0.5, 0.6) is 5.75 Å². The van der Waals surface area contributed by atoms with Gasteiger partial charge in [0.2, 0.25) is 21.8 Å². The monoisotopic (exact) mass is 478 g/mol. The van der Waals surface area contributed by atoms with Crippen LogP contribution in [0, 0.1) is 5.82 Å². The van der Waals surface area contributed by atoms with Crippen LogP contribution >= 0.6 is 0 Å². The lowest BCUT2D eigenvalue weighted by molar-refractivity contribution is -0.133. The molecular formula is C22H27FN4O5S. The van der Waals surface area contributed by atoms with Gasteiger partial charge in [-0.05, 0) is 37.4 Å². The molecule has 0 saturated carbocycles. The molecule has 9 nitrogen and oxygen atoms in total. The molecule has 0 aliphatic carbocycles. The van der Waals surface area contributed by atoms with E-state index in [1.54, 1.807) is 41.1 Å². The summed E-state index contributed by atoms with van der Waals surface area (Å²) in [5, 5.41) is 2.76. The molecular weight excluding hydrogens is 451 g/mol. The second-order valence-corrected chi connectivity index (χ2v) is 9.63. The van der Waals surface area contributed by atoms with Gasteiger partial charge in [0.15, 0.2) is 0 Å². The van der Waals surface area contributed by atoms with Crippen molar-refractivity contribution in [2.75, 3.05) is 58.7 Å². The highest BCUT2D eigenvalue weighted by molar-refractivity contribution is 7.89. The average Bonchev–Trinajstić information content (AvgIpc) is 2.79. The maximum absolute atomic E-state index is 13.4. The maximum atomic E-state index is 13.4. The molecule has 2 amide bonds. The van der Waals surface area contributed by atoms with Crippen LogP contribution in [-0.4, -0.2) is 87.8 Å². The van der Waals surface area contributed by atoms with E-state index in [2.05, 4.69) is 5.32 Å². The van der Waals surface area contributed by atoms with E-state index in [4.69, 9.17) is 4.74 Å². The van der Waals surface area contributed by atoms with Gasteiger partial charge in [0.25, 0.3) is 0 Å². The van der Waals surface area contributed by atoms with Gasteiger partial charge in [0.05, 0.1) is 25.1 Å². The van der Waals surface area contributed by atoms with E-state index in [9.17, 15) is 22.4 Å². The normalized spacial score (nSPS) is 14.8. The number of amides is 2. The van der Waals surface area contributed by atoms with E-state index < -0.39 is 15.8 Å². The lowest BCUT2D eigenvalue weighted by Gasteiger charge is -2.34. The largest absolute Gasteiger partial charge is 0.497 e. The number of halogens is 1. The third-order valence-electron chi connectivity index (χ3n) is 5.20. The van der Waals surface area contributed by atoms with Crippen molar-refractivity contribution in [2.24, 2.45) is 0 Å². The Morgan fingerprint density at radius 2 is 1.76 bits per heavy atom. The molecule has 1 N–H and O–H groups in total. The van der Waals surface area contributed by atoms with Crippen LogP contribution in [0.15, 0.2) is 53.4 Å². The number of likely N-dealkylation sites (N-methyl/N-ethyl adjacent to an activating group) is 1. The standard InChI is InChI=1S/C22H27FN4O5S/c1-25(15-21(28)24-18-6-4-7-19(14-18)32-2)16-22(29)26-9-11-27(12-10-26)33(30,31)20-8-3-5-17(23)13-20/h3-8,13-14H,9-12,15-16H2,1-2H3,(H,24,28). The van der Waals surface area contributed by atoms with Crippen LogP contribution in [0.4, 0.5) is 10.1 Å². The van der Waals surface area contributed by atoms with Crippen molar-refractivity contribution >= 4 is 27.5 Å². The Labute approximate surface area is 192 Å². The summed E-state index contributed by atoms with van der Waals surface area (Å²) in [6, 6.07) is 11.8. The van der Waals surface area contributed by atoms with Crippen molar-refractivity contribution in [1.29, 1.82) is 0 Å². The highest BCUT2D eigenvalue weighted by Crippen LogP contribution is 2.19. The second-order valence-electron chi connectivity index (χ2n) is 7.69. The van der Waals surface area contributed by atoms with Crippen molar-refractivity contribution < 1.29 is 27.1 Å². The number of sulfonamides is 1.